The van der Waals surface area contributed by atoms with Crippen LogP contribution < -0.4 is 4.90 Å². The number of carbonyl (C=O) groups is 2. The number of aromatic nitrogens is 1. The Morgan fingerprint density at radius 1 is 0.933 bits per heavy atom. The quantitative estimate of drug-likeness (QED) is 0.408. The highest BCUT2D eigenvalue weighted by molar-refractivity contribution is 6.34. The Kier molecular flexibility index (Phi) is 4.24. The zero-order chi connectivity index (χ0) is 20.8. The lowest BCUT2D eigenvalue weighted by Crippen LogP contribution is -2.29. The van der Waals surface area contributed by atoms with Crippen molar-refractivity contribution in [3.8, 4) is 11.5 Å². The van der Waals surface area contributed by atoms with Gasteiger partial charge in [0.1, 0.15) is 5.52 Å². The molecule has 1 aromatic heterocycles. The third kappa shape index (κ3) is 2.82. The summed E-state index contributed by atoms with van der Waals surface area (Å²) in [6, 6.07) is 20.1. The average molecular weight is 396 g/mol. The Bertz CT molecular complexity index is 1250. The summed E-state index contributed by atoms with van der Waals surface area (Å²) in [6.07, 6.45) is 1.06. The van der Waals surface area contributed by atoms with Gasteiger partial charge in [0, 0.05) is 5.56 Å². The van der Waals surface area contributed by atoms with E-state index in [1.807, 2.05) is 18.2 Å². The number of hydrogen-bond donors (Lipinski definition) is 0. The van der Waals surface area contributed by atoms with Gasteiger partial charge in [0.2, 0.25) is 5.89 Å². The highest BCUT2D eigenvalue weighted by atomic mass is 16.3. The van der Waals surface area contributed by atoms with Crippen LogP contribution in [0.2, 0.25) is 0 Å². The maximum Gasteiger partial charge on any atom is 0.266 e. The van der Waals surface area contributed by atoms with Crippen LogP contribution in [0.5, 0.6) is 0 Å². The minimum absolute atomic E-state index is 0.303. The van der Waals surface area contributed by atoms with Crippen LogP contribution in [0.4, 0.5) is 5.69 Å². The summed E-state index contributed by atoms with van der Waals surface area (Å²) in [5.74, 6) is 0.374. The molecule has 5 rings (SSSR count). The number of rotatable bonds is 4. The molecule has 2 amide bonds. The summed E-state index contributed by atoms with van der Waals surface area (Å²) in [5.41, 5.74) is 4.99. The van der Waals surface area contributed by atoms with Crippen LogP contribution in [0.3, 0.4) is 0 Å². The number of anilines is 1. The zero-order valence-electron chi connectivity index (χ0n) is 16.8. The summed E-state index contributed by atoms with van der Waals surface area (Å²) in [4.78, 5) is 31.2. The van der Waals surface area contributed by atoms with E-state index in [4.69, 9.17) is 4.42 Å². The molecule has 0 radical (unpaired) electrons. The van der Waals surface area contributed by atoms with Crippen molar-refractivity contribution in [1.82, 2.24) is 4.98 Å². The first-order valence-electron chi connectivity index (χ1n) is 10.1. The number of fused-ring (bicyclic) bond motifs is 2. The second-order valence-electron chi connectivity index (χ2n) is 7.59. The van der Waals surface area contributed by atoms with E-state index in [0.717, 1.165) is 23.1 Å². The molecule has 5 heteroatoms. The predicted molar refractivity (Wildman–Crippen MR) is 116 cm³/mol. The van der Waals surface area contributed by atoms with Crippen molar-refractivity contribution in [3.05, 3.63) is 83.4 Å². The standard InChI is InChI=1S/C25H20N2O3/c1-3-15(2)17-10-13-22-21(14-17)26-23(30-22)16-8-11-18(12-9-16)27-24(28)19-6-4-5-7-20(19)25(27)29/h4-15H,3H2,1-2H3. The Morgan fingerprint density at radius 3 is 2.23 bits per heavy atom. The molecule has 0 N–H and O–H groups in total. The first-order valence-corrected chi connectivity index (χ1v) is 10.1. The minimum atomic E-state index is -0.303. The molecule has 148 valence electrons. The summed E-state index contributed by atoms with van der Waals surface area (Å²) in [5, 5.41) is 0. The second kappa shape index (κ2) is 6.95. The van der Waals surface area contributed by atoms with Crippen LogP contribution in [0, 0.1) is 0 Å². The second-order valence-corrected chi connectivity index (χ2v) is 7.59. The molecule has 5 nitrogen and oxygen atoms in total. The molecule has 30 heavy (non-hydrogen) atoms. The van der Waals surface area contributed by atoms with Gasteiger partial charge in [-0.1, -0.05) is 32.0 Å². The van der Waals surface area contributed by atoms with Gasteiger partial charge in [-0.15, -0.1) is 0 Å². The third-order valence-electron chi connectivity index (χ3n) is 5.76. The van der Waals surface area contributed by atoms with E-state index in [0.29, 0.717) is 28.6 Å². The van der Waals surface area contributed by atoms with Gasteiger partial charge in [0.15, 0.2) is 5.58 Å². The van der Waals surface area contributed by atoms with Crippen molar-refractivity contribution >= 4 is 28.6 Å². The maximum atomic E-state index is 12.7. The van der Waals surface area contributed by atoms with Gasteiger partial charge in [0.05, 0.1) is 16.8 Å². The normalized spacial score (nSPS) is 14.4. The summed E-state index contributed by atoms with van der Waals surface area (Å²) >= 11 is 0. The Hall–Kier alpha value is -3.73. The average Bonchev–Trinajstić information content (AvgIpc) is 3.32. The fourth-order valence-corrected chi connectivity index (χ4v) is 3.79. The van der Waals surface area contributed by atoms with Gasteiger partial charge in [0.25, 0.3) is 11.8 Å². The van der Waals surface area contributed by atoms with Crippen molar-refractivity contribution in [3.63, 3.8) is 0 Å². The molecule has 0 spiro atoms. The number of hydrogen-bond acceptors (Lipinski definition) is 4. The minimum Gasteiger partial charge on any atom is -0.436 e. The largest absolute Gasteiger partial charge is 0.436 e. The fourth-order valence-electron chi connectivity index (χ4n) is 3.79. The van der Waals surface area contributed by atoms with E-state index in [1.165, 1.54) is 10.5 Å². The van der Waals surface area contributed by atoms with Crippen molar-refractivity contribution in [2.75, 3.05) is 4.90 Å². The van der Waals surface area contributed by atoms with Crippen molar-refractivity contribution in [2.45, 2.75) is 26.2 Å². The molecule has 1 unspecified atom stereocenters. The lowest BCUT2D eigenvalue weighted by molar-refractivity contribution is 0.0926. The molecule has 1 aliphatic rings. The van der Waals surface area contributed by atoms with Crippen LogP contribution >= 0.6 is 0 Å². The SMILES string of the molecule is CCC(C)c1ccc2oc(-c3ccc(N4C(=O)c5ccccc5C4=O)cc3)nc2c1. The van der Waals surface area contributed by atoms with E-state index < -0.39 is 0 Å². The molecule has 0 saturated carbocycles. The zero-order valence-corrected chi connectivity index (χ0v) is 16.8. The molecule has 0 saturated heterocycles. The molecule has 3 aromatic carbocycles. The first-order chi connectivity index (χ1) is 14.6. The van der Waals surface area contributed by atoms with Crippen LogP contribution in [0.25, 0.3) is 22.6 Å². The number of imide groups is 1. The van der Waals surface area contributed by atoms with Crippen molar-refractivity contribution in [2.24, 2.45) is 0 Å². The van der Waals surface area contributed by atoms with E-state index in [-0.39, 0.29) is 11.8 Å². The number of amides is 2. The van der Waals surface area contributed by atoms with Gasteiger partial charge in [-0.2, -0.15) is 0 Å². The van der Waals surface area contributed by atoms with Crippen molar-refractivity contribution < 1.29 is 14.0 Å². The van der Waals surface area contributed by atoms with Gasteiger partial charge in [-0.25, -0.2) is 9.88 Å². The lowest BCUT2D eigenvalue weighted by atomic mass is 9.98. The molecule has 0 fully saturated rings. The van der Waals surface area contributed by atoms with Gasteiger partial charge in [-0.05, 0) is 66.4 Å². The molecule has 1 atom stereocenters. The molecule has 0 aliphatic carbocycles. The number of nitrogens with zero attached hydrogens (tertiary/aromatic N) is 2. The van der Waals surface area contributed by atoms with Crippen molar-refractivity contribution in [1.29, 1.82) is 0 Å². The van der Waals surface area contributed by atoms with E-state index in [1.54, 1.807) is 36.4 Å². The Labute approximate surface area is 174 Å². The summed E-state index contributed by atoms with van der Waals surface area (Å²) < 4.78 is 5.92. The topological polar surface area (TPSA) is 63.4 Å². The molecule has 4 aromatic rings. The molecular weight excluding hydrogens is 376 g/mol. The number of benzene rings is 3. The van der Waals surface area contributed by atoms with Crippen LogP contribution in [-0.4, -0.2) is 16.8 Å². The maximum absolute atomic E-state index is 12.7. The van der Waals surface area contributed by atoms with Gasteiger partial charge in [-0.3, -0.25) is 9.59 Å². The van der Waals surface area contributed by atoms with Crippen LogP contribution in [-0.2, 0) is 0 Å². The van der Waals surface area contributed by atoms with Crippen LogP contribution in [0.15, 0.2) is 71.1 Å². The predicted octanol–water partition coefficient (Wildman–Crippen LogP) is 5.81. The van der Waals surface area contributed by atoms with E-state index >= 15 is 0 Å². The Balaban J connectivity index is 1.46. The first kappa shape index (κ1) is 18.3. The highest BCUT2D eigenvalue weighted by Gasteiger charge is 2.36. The van der Waals surface area contributed by atoms with Crippen LogP contribution in [0.1, 0.15) is 52.5 Å². The fraction of sp³-hybridized carbons (Fsp3) is 0.160. The lowest BCUT2D eigenvalue weighted by Gasteiger charge is -2.13. The number of carbonyl (C=O) groups excluding carboxylic acids is 2. The molecule has 2 heterocycles. The Morgan fingerprint density at radius 2 is 1.60 bits per heavy atom. The highest BCUT2D eigenvalue weighted by Crippen LogP contribution is 2.32. The molecular formula is C25H20N2O3. The molecule has 1 aliphatic heterocycles. The monoisotopic (exact) mass is 396 g/mol. The van der Waals surface area contributed by atoms with E-state index in [9.17, 15) is 9.59 Å². The number of oxazole rings is 1. The third-order valence-corrected chi connectivity index (χ3v) is 5.76. The summed E-state index contributed by atoms with van der Waals surface area (Å²) in [6.45, 7) is 4.36. The summed E-state index contributed by atoms with van der Waals surface area (Å²) in [7, 11) is 0. The van der Waals surface area contributed by atoms with E-state index in [2.05, 4.69) is 31.0 Å². The van der Waals surface area contributed by atoms with Gasteiger partial charge >= 0.3 is 0 Å². The van der Waals surface area contributed by atoms with Gasteiger partial charge < -0.3 is 4.42 Å². The smallest absolute Gasteiger partial charge is 0.266 e. The molecule has 0 bridgehead atoms.